The molecule has 1 rings (SSSR count). The molecule has 1 N–H and O–H groups in total. The summed E-state index contributed by atoms with van der Waals surface area (Å²) in [5, 5.41) is 8.45. The molecule has 1 aliphatic heterocycles. The van der Waals surface area contributed by atoms with Gasteiger partial charge in [-0.25, -0.2) is 0 Å². The average Bonchev–Trinajstić information content (AvgIpc) is 2.68. The lowest BCUT2D eigenvalue weighted by Crippen LogP contribution is -2.34. The topological polar surface area (TPSA) is 66.8 Å². The first kappa shape index (κ1) is 12.0. The predicted octanol–water partition coefficient (Wildman–Crippen LogP) is 0.346. The summed E-state index contributed by atoms with van der Waals surface area (Å²) in [6, 6.07) is 0. The van der Waals surface area contributed by atoms with Crippen LogP contribution in [0.4, 0.5) is 0 Å². The minimum Gasteiger partial charge on any atom is -0.481 e. The molecule has 0 spiro atoms. The molecule has 5 heteroatoms. The van der Waals surface area contributed by atoms with E-state index in [1.165, 1.54) is 0 Å². The average molecular weight is 215 g/mol. The van der Waals surface area contributed by atoms with Gasteiger partial charge in [-0.05, 0) is 12.8 Å². The number of amides is 1. The Balaban J connectivity index is 2.23. The molecule has 0 aromatic carbocycles. The van der Waals surface area contributed by atoms with Gasteiger partial charge in [-0.3, -0.25) is 9.59 Å². The van der Waals surface area contributed by atoms with Crippen molar-refractivity contribution < 1.29 is 19.4 Å². The molecule has 1 fully saturated rings. The Bertz CT molecular complexity index is 236. The number of carboxylic acids is 1. The minimum atomic E-state index is -0.819. The molecule has 0 aromatic rings. The van der Waals surface area contributed by atoms with Crippen molar-refractivity contribution in [2.45, 2.75) is 19.3 Å². The molecule has 1 amide bonds. The lowest BCUT2D eigenvalue weighted by molar-refractivity contribution is -0.138. The fraction of sp³-hybridized carbons (Fsp3) is 0.800. The van der Waals surface area contributed by atoms with Crippen molar-refractivity contribution in [2.24, 2.45) is 5.92 Å². The molecule has 0 aliphatic carbocycles. The van der Waals surface area contributed by atoms with E-state index in [-0.39, 0.29) is 18.2 Å². The number of nitrogens with zero attached hydrogens (tertiary/aromatic N) is 1. The predicted molar refractivity (Wildman–Crippen MR) is 53.4 cm³/mol. The Morgan fingerprint density at radius 3 is 2.80 bits per heavy atom. The van der Waals surface area contributed by atoms with Gasteiger partial charge < -0.3 is 14.7 Å². The lowest BCUT2D eigenvalue weighted by atomic mass is 10.1. The summed E-state index contributed by atoms with van der Waals surface area (Å²) in [6.07, 6.45) is 1.39. The zero-order valence-corrected chi connectivity index (χ0v) is 8.94. The summed E-state index contributed by atoms with van der Waals surface area (Å²) in [5.41, 5.74) is 0. The Labute approximate surface area is 89.0 Å². The summed E-state index contributed by atoms with van der Waals surface area (Å²) in [7, 11) is 1.71. The number of carbonyl (C=O) groups is 2. The number of carbonyl (C=O) groups excluding carboxylic acids is 1. The second kappa shape index (κ2) is 5.70. The van der Waals surface area contributed by atoms with Crippen LogP contribution in [0.5, 0.6) is 0 Å². The van der Waals surface area contributed by atoms with Crippen LogP contribution in [-0.2, 0) is 14.3 Å². The van der Waals surface area contributed by atoms with Crippen LogP contribution in [0, 0.1) is 5.92 Å². The molecule has 1 saturated heterocycles. The zero-order chi connectivity index (χ0) is 11.3. The Kier molecular flexibility index (Phi) is 4.55. The maximum absolute atomic E-state index is 11.7. The van der Waals surface area contributed by atoms with Crippen molar-refractivity contribution in [1.82, 2.24) is 4.90 Å². The highest BCUT2D eigenvalue weighted by Gasteiger charge is 2.25. The first-order valence-electron chi connectivity index (χ1n) is 5.15. The molecule has 1 heterocycles. The highest BCUT2D eigenvalue weighted by molar-refractivity contribution is 5.79. The third-order valence-electron chi connectivity index (χ3n) is 2.54. The number of aliphatic carboxylic acids is 1. The highest BCUT2D eigenvalue weighted by atomic mass is 16.5. The summed E-state index contributed by atoms with van der Waals surface area (Å²) in [6.45, 7) is 1.66. The van der Waals surface area contributed by atoms with Crippen LogP contribution in [0.15, 0.2) is 0 Å². The Morgan fingerprint density at radius 1 is 1.53 bits per heavy atom. The van der Waals surface area contributed by atoms with E-state index in [4.69, 9.17) is 9.84 Å². The SMILES string of the molecule is CN(CCCC(=O)O)C(=O)C1CCOC1. The van der Waals surface area contributed by atoms with Crippen LogP contribution in [0.1, 0.15) is 19.3 Å². The molecule has 5 nitrogen and oxygen atoms in total. The van der Waals surface area contributed by atoms with Gasteiger partial charge in [-0.15, -0.1) is 0 Å². The van der Waals surface area contributed by atoms with Gasteiger partial charge in [0.05, 0.1) is 12.5 Å². The summed E-state index contributed by atoms with van der Waals surface area (Å²) in [5.74, 6) is -0.780. The van der Waals surface area contributed by atoms with E-state index in [1.54, 1.807) is 11.9 Å². The molecule has 1 unspecified atom stereocenters. The van der Waals surface area contributed by atoms with Crippen molar-refractivity contribution in [2.75, 3.05) is 26.8 Å². The quantitative estimate of drug-likeness (QED) is 0.718. The van der Waals surface area contributed by atoms with E-state index < -0.39 is 5.97 Å². The van der Waals surface area contributed by atoms with Crippen molar-refractivity contribution in [3.8, 4) is 0 Å². The normalized spacial score (nSPS) is 20.2. The van der Waals surface area contributed by atoms with Crippen molar-refractivity contribution >= 4 is 11.9 Å². The van der Waals surface area contributed by atoms with Gasteiger partial charge >= 0.3 is 5.97 Å². The fourth-order valence-electron chi connectivity index (χ4n) is 1.62. The van der Waals surface area contributed by atoms with Crippen LogP contribution < -0.4 is 0 Å². The van der Waals surface area contributed by atoms with Crippen LogP contribution in [0.3, 0.4) is 0 Å². The van der Waals surface area contributed by atoms with Gasteiger partial charge in [0.15, 0.2) is 0 Å². The minimum absolute atomic E-state index is 0.0279. The molecule has 15 heavy (non-hydrogen) atoms. The summed E-state index contributed by atoms with van der Waals surface area (Å²) >= 11 is 0. The monoisotopic (exact) mass is 215 g/mol. The van der Waals surface area contributed by atoms with E-state index >= 15 is 0 Å². The second-order valence-electron chi connectivity index (χ2n) is 3.82. The van der Waals surface area contributed by atoms with E-state index in [0.29, 0.717) is 26.2 Å². The lowest BCUT2D eigenvalue weighted by Gasteiger charge is -2.19. The number of rotatable bonds is 5. The zero-order valence-electron chi connectivity index (χ0n) is 8.94. The fourth-order valence-corrected chi connectivity index (χ4v) is 1.62. The van der Waals surface area contributed by atoms with E-state index in [1.807, 2.05) is 0 Å². The first-order valence-corrected chi connectivity index (χ1v) is 5.15. The molecular weight excluding hydrogens is 198 g/mol. The molecule has 1 atom stereocenters. The van der Waals surface area contributed by atoms with Crippen molar-refractivity contribution in [1.29, 1.82) is 0 Å². The van der Waals surface area contributed by atoms with Gasteiger partial charge in [-0.1, -0.05) is 0 Å². The first-order chi connectivity index (χ1) is 7.11. The van der Waals surface area contributed by atoms with Crippen LogP contribution in [0.25, 0.3) is 0 Å². The Morgan fingerprint density at radius 2 is 2.27 bits per heavy atom. The third-order valence-corrected chi connectivity index (χ3v) is 2.54. The molecular formula is C10H17NO4. The largest absolute Gasteiger partial charge is 0.481 e. The van der Waals surface area contributed by atoms with E-state index in [2.05, 4.69) is 0 Å². The van der Waals surface area contributed by atoms with Gasteiger partial charge in [-0.2, -0.15) is 0 Å². The number of ether oxygens (including phenoxy) is 1. The van der Waals surface area contributed by atoms with E-state index in [9.17, 15) is 9.59 Å². The van der Waals surface area contributed by atoms with Crippen molar-refractivity contribution in [3.63, 3.8) is 0 Å². The van der Waals surface area contributed by atoms with Gasteiger partial charge in [0.2, 0.25) is 5.91 Å². The maximum Gasteiger partial charge on any atom is 0.303 e. The van der Waals surface area contributed by atoms with Crippen molar-refractivity contribution in [3.05, 3.63) is 0 Å². The summed E-state index contributed by atoms with van der Waals surface area (Å²) in [4.78, 5) is 23.6. The standard InChI is InChI=1S/C10H17NO4/c1-11(5-2-3-9(12)13)10(14)8-4-6-15-7-8/h8H,2-7H2,1H3,(H,12,13). The number of hydrogen-bond donors (Lipinski definition) is 1. The molecule has 0 aromatic heterocycles. The molecule has 0 bridgehead atoms. The second-order valence-corrected chi connectivity index (χ2v) is 3.82. The third kappa shape index (κ3) is 3.87. The number of carboxylic acid groups (broad SMARTS) is 1. The molecule has 86 valence electrons. The Hall–Kier alpha value is -1.10. The smallest absolute Gasteiger partial charge is 0.303 e. The number of hydrogen-bond acceptors (Lipinski definition) is 3. The van der Waals surface area contributed by atoms with Crippen LogP contribution in [-0.4, -0.2) is 48.7 Å². The van der Waals surface area contributed by atoms with Crippen LogP contribution >= 0.6 is 0 Å². The maximum atomic E-state index is 11.7. The van der Waals surface area contributed by atoms with Gasteiger partial charge in [0.1, 0.15) is 0 Å². The van der Waals surface area contributed by atoms with Gasteiger partial charge in [0.25, 0.3) is 0 Å². The molecule has 1 aliphatic rings. The molecule has 0 saturated carbocycles. The van der Waals surface area contributed by atoms with Crippen LogP contribution in [0.2, 0.25) is 0 Å². The van der Waals surface area contributed by atoms with Gasteiger partial charge in [0, 0.05) is 26.6 Å². The highest BCUT2D eigenvalue weighted by Crippen LogP contribution is 2.14. The summed E-state index contributed by atoms with van der Waals surface area (Å²) < 4.78 is 5.13. The molecule has 0 radical (unpaired) electrons. The van der Waals surface area contributed by atoms with E-state index in [0.717, 1.165) is 6.42 Å².